The number of hydrogen-bond donors (Lipinski definition) is 3. The first-order chi connectivity index (χ1) is 13.5. The Balaban J connectivity index is 2.08. The Bertz CT molecular complexity index is 812. The minimum absolute atomic E-state index is 0.175. The van der Waals surface area contributed by atoms with E-state index in [1.54, 1.807) is 36.5 Å². The third-order valence-electron chi connectivity index (χ3n) is 4.29. The van der Waals surface area contributed by atoms with Crippen LogP contribution in [-0.4, -0.2) is 55.2 Å². The van der Waals surface area contributed by atoms with Crippen LogP contribution in [-0.2, 0) is 15.1 Å². The molecule has 6 amide bonds. The van der Waals surface area contributed by atoms with Crippen molar-refractivity contribution < 1.29 is 37.1 Å². The van der Waals surface area contributed by atoms with Crippen LogP contribution in [0.2, 0.25) is 0 Å². The van der Waals surface area contributed by atoms with E-state index >= 15 is 0 Å². The molecule has 0 aromatic heterocycles. The molecule has 0 unspecified atom stereocenters. The van der Waals surface area contributed by atoms with Crippen molar-refractivity contribution in [1.29, 1.82) is 0 Å². The first-order valence-electron chi connectivity index (χ1n) is 8.45. The van der Waals surface area contributed by atoms with E-state index in [-0.39, 0.29) is 6.42 Å². The van der Waals surface area contributed by atoms with Crippen LogP contribution < -0.4 is 20.7 Å². The minimum Gasteiger partial charge on any atom is -0.497 e. The smallest absolute Gasteiger partial charge is 0.405 e. The predicted molar refractivity (Wildman–Crippen MR) is 92.8 cm³/mol. The van der Waals surface area contributed by atoms with E-state index in [9.17, 15) is 32.3 Å². The highest BCUT2D eigenvalue weighted by atomic mass is 19.4. The van der Waals surface area contributed by atoms with Gasteiger partial charge in [-0.2, -0.15) is 13.2 Å². The van der Waals surface area contributed by atoms with E-state index in [4.69, 9.17) is 4.74 Å². The third-order valence-corrected chi connectivity index (χ3v) is 4.29. The summed E-state index contributed by atoms with van der Waals surface area (Å²) in [6.45, 7) is -0.801. The van der Waals surface area contributed by atoms with E-state index in [2.05, 4.69) is 5.32 Å². The molecule has 12 heteroatoms. The molecule has 1 aromatic carbocycles. The number of nitrogens with one attached hydrogen (secondary N) is 3. The van der Waals surface area contributed by atoms with E-state index in [1.807, 2.05) is 0 Å². The fourth-order valence-electron chi connectivity index (χ4n) is 2.82. The fourth-order valence-corrected chi connectivity index (χ4v) is 2.82. The van der Waals surface area contributed by atoms with Gasteiger partial charge in [-0.15, -0.1) is 0 Å². The molecule has 0 aliphatic carbocycles. The maximum absolute atomic E-state index is 12.9. The van der Waals surface area contributed by atoms with Crippen LogP contribution in [0, 0.1) is 0 Å². The lowest BCUT2D eigenvalue weighted by atomic mass is 9.87. The number of halogens is 3. The van der Waals surface area contributed by atoms with Crippen molar-refractivity contribution in [1.82, 2.24) is 20.9 Å². The predicted octanol–water partition coefficient (Wildman–Crippen LogP) is 1.24. The molecule has 29 heavy (non-hydrogen) atoms. The number of alkyl halides is 3. The second-order valence-corrected chi connectivity index (χ2v) is 6.15. The number of methoxy groups -OCH3 is 1. The molecular formula is C17H19F3N4O5. The monoisotopic (exact) mass is 416 g/mol. The lowest BCUT2D eigenvalue weighted by molar-refractivity contribution is -0.135. The number of urea groups is 2. The minimum atomic E-state index is -4.65. The molecule has 2 rings (SSSR count). The van der Waals surface area contributed by atoms with E-state index in [0.717, 1.165) is 0 Å². The molecule has 1 aliphatic heterocycles. The van der Waals surface area contributed by atoms with Gasteiger partial charge in [-0.1, -0.05) is 19.1 Å². The second kappa shape index (κ2) is 8.37. The highest BCUT2D eigenvalue weighted by Crippen LogP contribution is 2.33. The summed E-state index contributed by atoms with van der Waals surface area (Å²) in [4.78, 5) is 49.0. The Morgan fingerprint density at radius 3 is 2.34 bits per heavy atom. The van der Waals surface area contributed by atoms with Gasteiger partial charge in [0.1, 0.15) is 24.4 Å². The molecule has 1 atom stereocenters. The van der Waals surface area contributed by atoms with Gasteiger partial charge in [-0.25, -0.2) is 9.59 Å². The number of carbonyl (C=O) groups excluding carboxylic acids is 4. The average Bonchev–Trinajstić information content (AvgIpc) is 2.91. The zero-order chi connectivity index (χ0) is 21.8. The van der Waals surface area contributed by atoms with Gasteiger partial charge in [-0.05, 0) is 24.1 Å². The van der Waals surface area contributed by atoms with Gasteiger partial charge in [0.25, 0.3) is 5.91 Å². The number of amides is 6. The Labute approximate surface area is 163 Å². The molecule has 0 bridgehead atoms. The van der Waals surface area contributed by atoms with Crippen molar-refractivity contribution in [2.75, 3.05) is 20.2 Å². The zero-order valence-electron chi connectivity index (χ0n) is 15.6. The summed E-state index contributed by atoms with van der Waals surface area (Å²) in [5.74, 6) is -1.30. The summed E-state index contributed by atoms with van der Waals surface area (Å²) in [7, 11) is 1.47. The lowest BCUT2D eigenvalue weighted by Gasteiger charge is -2.25. The van der Waals surface area contributed by atoms with Crippen molar-refractivity contribution >= 4 is 23.9 Å². The molecule has 0 radical (unpaired) electrons. The quantitative estimate of drug-likeness (QED) is 0.604. The fraction of sp³-hybridized carbons (Fsp3) is 0.412. The molecule has 9 nitrogen and oxygen atoms in total. The lowest BCUT2D eigenvalue weighted by Crippen LogP contribution is -2.48. The topological polar surface area (TPSA) is 117 Å². The molecule has 1 heterocycles. The first kappa shape index (κ1) is 22.0. The van der Waals surface area contributed by atoms with Gasteiger partial charge in [0.15, 0.2) is 0 Å². The molecule has 1 saturated heterocycles. The number of hydrogen-bond acceptors (Lipinski definition) is 5. The van der Waals surface area contributed by atoms with E-state index < -0.39 is 48.7 Å². The van der Waals surface area contributed by atoms with Crippen LogP contribution in [0.25, 0.3) is 0 Å². The maximum atomic E-state index is 12.9. The van der Waals surface area contributed by atoms with Crippen molar-refractivity contribution in [3.05, 3.63) is 29.8 Å². The Hall–Kier alpha value is -3.31. The Kier molecular flexibility index (Phi) is 6.34. The molecule has 3 N–H and O–H groups in total. The van der Waals surface area contributed by atoms with Crippen LogP contribution >= 0.6 is 0 Å². The number of benzene rings is 1. The summed E-state index contributed by atoms with van der Waals surface area (Å²) in [6, 6.07) is 4.14. The highest BCUT2D eigenvalue weighted by molar-refractivity contribution is 6.10. The van der Waals surface area contributed by atoms with Crippen molar-refractivity contribution in [3.63, 3.8) is 0 Å². The normalized spacial score (nSPS) is 19.0. The molecular weight excluding hydrogens is 397 g/mol. The van der Waals surface area contributed by atoms with Crippen LogP contribution in [0.1, 0.15) is 18.9 Å². The number of rotatable bonds is 6. The van der Waals surface area contributed by atoms with Gasteiger partial charge in [-0.3, -0.25) is 19.8 Å². The molecule has 0 spiro atoms. The summed E-state index contributed by atoms with van der Waals surface area (Å²) in [5, 5.41) is 5.64. The Morgan fingerprint density at radius 1 is 1.21 bits per heavy atom. The van der Waals surface area contributed by atoms with E-state index in [0.29, 0.717) is 16.2 Å². The summed E-state index contributed by atoms with van der Waals surface area (Å²) >= 11 is 0. The van der Waals surface area contributed by atoms with Gasteiger partial charge in [0.2, 0.25) is 5.91 Å². The maximum Gasteiger partial charge on any atom is 0.405 e. The van der Waals surface area contributed by atoms with Crippen LogP contribution in [0.4, 0.5) is 22.8 Å². The summed E-state index contributed by atoms with van der Waals surface area (Å²) in [6.07, 6.45) is -4.47. The van der Waals surface area contributed by atoms with Crippen LogP contribution in [0.5, 0.6) is 5.75 Å². The average molecular weight is 416 g/mol. The summed E-state index contributed by atoms with van der Waals surface area (Å²) < 4.78 is 41.3. The third kappa shape index (κ3) is 4.95. The molecule has 1 aliphatic rings. The van der Waals surface area contributed by atoms with Crippen LogP contribution in [0.15, 0.2) is 24.3 Å². The molecule has 158 valence electrons. The molecule has 1 aromatic rings. The largest absolute Gasteiger partial charge is 0.497 e. The highest BCUT2D eigenvalue weighted by Gasteiger charge is 2.51. The van der Waals surface area contributed by atoms with Gasteiger partial charge < -0.3 is 15.4 Å². The molecule has 0 saturated carbocycles. The number of imide groups is 2. The first-order valence-corrected chi connectivity index (χ1v) is 8.45. The summed E-state index contributed by atoms with van der Waals surface area (Å²) in [5.41, 5.74) is -0.952. The number of ether oxygens (including phenoxy) is 1. The van der Waals surface area contributed by atoms with Crippen molar-refractivity contribution in [2.24, 2.45) is 0 Å². The van der Waals surface area contributed by atoms with Crippen molar-refractivity contribution in [3.8, 4) is 5.75 Å². The number of nitrogens with zero attached hydrogens (tertiary/aromatic N) is 1. The molecule has 1 fully saturated rings. The van der Waals surface area contributed by atoms with Crippen LogP contribution in [0.3, 0.4) is 0 Å². The SMILES string of the molecule is CC[C@]1(c2ccc(OC)cc2)NC(=O)N(CC(=O)NC(=O)NCC(F)(F)F)C1=O. The van der Waals surface area contributed by atoms with E-state index in [1.165, 1.54) is 12.4 Å². The van der Waals surface area contributed by atoms with Crippen molar-refractivity contribution in [2.45, 2.75) is 25.1 Å². The zero-order valence-corrected chi connectivity index (χ0v) is 15.6. The van der Waals surface area contributed by atoms with Gasteiger partial charge >= 0.3 is 18.2 Å². The number of carbonyl (C=O) groups is 4. The van der Waals surface area contributed by atoms with Gasteiger partial charge in [0, 0.05) is 0 Å². The standard InChI is InChI=1S/C17H19F3N4O5/c1-3-16(10-4-6-11(29-2)7-5-10)13(26)24(15(28)23-16)8-12(25)22-14(27)21-9-17(18,19)20/h4-7H,3,8-9H2,1-2H3,(H,23,28)(H2,21,22,25,27)/t16-/m1/s1. The second-order valence-electron chi connectivity index (χ2n) is 6.15. The van der Waals surface area contributed by atoms with Gasteiger partial charge in [0.05, 0.1) is 7.11 Å². The Morgan fingerprint density at radius 2 is 1.83 bits per heavy atom.